The summed E-state index contributed by atoms with van der Waals surface area (Å²) in [5.41, 5.74) is 3.17. The average molecular weight is 360 g/mol. The molecule has 26 heavy (non-hydrogen) atoms. The minimum absolute atomic E-state index is 0.0688. The average Bonchev–Trinajstić information content (AvgIpc) is 3.16. The summed E-state index contributed by atoms with van der Waals surface area (Å²) in [6.07, 6.45) is 0. The van der Waals surface area contributed by atoms with Crippen LogP contribution >= 0.6 is 11.8 Å². The molecule has 4 rings (SSSR count). The fourth-order valence-corrected chi connectivity index (χ4v) is 3.82. The van der Waals surface area contributed by atoms with E-state index in [2.05, 4.69) is 39.8 Å². The molecule has 0 aliphatic heterocycles. The number of thioether (sulfide) groups is 1. The second-order valence-electron chi connectivity index (χ2n) is 5.71. The number of phenols is 1. The summed E-state index contributed by atoms with van der Waals surface area (Å²) in [5, 5.41) is 22.4. The predicted molar refractivity (Wildman–Crippen MR) is 101 cm³/mol. The highest BCUT2D eigenvalue weighted by molar-refractivity contribution is 7.99. The largest absolute Gasteiger partial charge is 0.508 e. The minimum atomic E-state index is 0.0688. The van der Waals surface area contributed by atoms with E-state index in [1.165, 1.54) is 11.1 Å². The normalized spacial score (nSPS) is 11.0. The Hall–Kier alpha value is -3.12. The van der Waals surface area contributed by atoms with Gasteiger partial charge in [-0.05, 0) is 45.8 Å². The topological polar surface area (TPSA) is 63.8 Å². The van der Waals surface area contributed by atoms with Crippen LogP contribution in [0.5, 0.6) is 5.75 Å². The monoisotopic (exact) mass is 360 g/mol. The van der Waals surface area contributed by atoms with E-state index in [1.54, 1.807) is 40.7 Å². The van der Waals surface area contributed by atoms with E-state index in [9.17, 15) is 5.11 Å². The number of hydrogen-bond acceptors (Lipinski definition) is 5. The van der Waals surface area contributed by atoms with Gasteiger partial charge in [0.15, 0.2) is 0 Å². The Labute approximate surface area is 155 Å². The number of hydrogen-bond donors (Lipinski definition) is 1. The number of benzene rings is 3. The summed E-state index contributed by atoms with van der Waals surface area (Å²) in [6, 6.07) is 27.4. The van der Waals surface area contributed by atoms with Crippen LogP contribution in [0.25, 0.3) is 5.69 Å². The van der Waals surface area contributed by atoms with Crippen molar-refractivity contribution in [2.24, 2.45) is 0 Å². The molecule has 0 spiro atoms. The highest BCUT2D eigenvalue weighted by atomic mass is 32.2. The predicted octanol–water partition coefficient (Wildman–Crippen LogP) is 4.25. The highest BCUT2D eigenvalue weighted by Gasteiger charge is 2.20. The zero-order valence-electron chi connectivity index (χ0n) is 13.8. The minimum Gasteiger partial charge on any atom is -0.508 e. The van der Waals surface area contributed by atoms with Gasteiger partial charge in [-0.2, -0.15) is 4.68 Å². The molecule has 0 radical (unpaired) electrons. The molecule has 0 aliphatic rings. The first-order valence-electron chi connectivity index (χ1n) is 8.15. The smallest absolute Gasteiger partial charge is 0.215 e. The quantitative estimate of drug-likeness (QED) is 0.539. The summed E-state index contributed by atoms with van der Waals surface area (Å²) >= 11 is 1.59. The standard InChI is InChI=1S/C20H16N4OS/c25-18-13-11-17(12-14-18)24-20(21-22-23-24)26-19(15-7-3-1-4-8-15)16-9-5-2-6-10-16/h1-14,19,25H. The third-order valence-corrected chi connectivity index (χ3v) is 5.21. The van der Waals surface area contributed by atoms with Crippen LogP contribution in [-0.2, 0) is 0 Å². The summed E-state index contributed by atoms with van der Waals surface area (Å²) in [5.74, 6) is 0.211. The molecule has 0 amide bonds. The van der Waals surface area contributed by atoms with Crippen molar-refractivity contribution in [2.75, 3.05) is 0 Å². The maximum absolute atomic E-state index is 9.50. The molecule has 0 atom stereocenters. The number of aromatic hydroxyl groups is 1. The van der Waals surface area contributed by atoms with Gasteiger partial charge in [0.25, 0.3) is 0 Å². The lowest BCUT2D eigenvalue weighted by atomic mass is 10.0. The van der Waals surface area contributed by atoms with Gasteiger partial charge in [0.2, 0.25) is 5.16 Å². The van der Waals surface area contributed by atoms with Crippen LogP contribution in [-0.4, -0.2) is 25.3 Å². The molecular weight excluding hydrogens is 344 g/mol. The number of phenolic OH excluding ortho intramolecular Hbond substituents is 1. The first kappa shape index (κ1) is 16.4. The third-order valence-electron chi connectivity index (χ3n) is 3.96. The molecule has 0 fully saturated rings. The zero-order valence-corrected chi connectivity index (χ0v) is 14.6. The zero-order chi connectivity index (χ0) is 17.8. The van der Waals surface area contributed by atoms with Crippen molar-refractivity contribution in [1.82, 2.24) is 20.2 Å². The molecule has 6 heteroatoms. The van der Waals surface area contributed by atoms with Crippen molar-refractivity contribution in [3.63, 3.8) is 0 Å². The van der Waals surface area contributed by atoms with Gasteiger partial charge in [0.05, 0.1) is 10.9 Å². The van der Waals surface area contributed by atoms with Gasteiger partial charge in [-0.25, -0.2) is 0 Å². The van der Waals surface area contributed by atoms with Gasteiger partial charge in [0.1, 0.15) is 5.75 Å². The van der Waals surface area contributed by atoms with Crippen LogP contribution < -0.4 is 0 Å². The Bertz CT molecular complexity index is 932. The lowest BCUT2D eigenvalue weighted by molar-refractivity contribution is 0.475. The Balaban J connectivity index is 1.72. The summed E-state index contributed by atoms with van der Waals surface area (Å²) < 4.78 is 1.68. The van der Waals surface area contributed by atoms with Crippen LogP contribution in [0, 0.1) is 0 Å². The molecular formula is C20H16N4OS. The second-order valence-corrected chi connectivity index (χ2v) is 6.78. The number of tetrazole rings is 1. The first-order chi connectivity index (χ1) is 12.8. The molecule has 1 aromatic heterocycles. The van der Waals surface area contributed by atoms with Gasteiger partial charge >= 0.3 is 0 Å². The maximum atomic E-state index is 9.50. The van der Waals surface area contributed by atoms with E-state index in [0.717, 1.165) is 5.69 Å². The van der Waals surface area contributed by atoms with Crippen molar-refractivity contribution in [2.45, 2.75) is 10.4 Å². The van der Waals surface area contributed by atoms with E-state index in [0.29, 0.717) is 5.16 Å². The van der Waals surface area contributed by atoms with E-state index >= 15 is 0 Å². The molecule has 128 valence electrons. The lowest BCUT2D eigenvalue weighted by Crippen LogP contribution is -2.02. The van der Waals surface area contributed by atoms with Crippen LogP contribution in [0.1, 0.15) is 16.4 Å². The summed E-state index contributed by atoms with van der Waals surface area (Å²) in [7, 11) is 0. The first-order valence-corrected chi connectivity index (χ1v) is 9.03. The maximum Gasteiger partial charge on any atom is 0.215 e. The molecule has 0 saturated heterocycles. The van der Waals surface area contributed by atoms with Gasteiger partial charge < -0.3 is 5.11 Å². The molecule has 3 aromatic carbocycles. The van der Waals surface area contributed by atoms with E-state index in [1.807, 2.05) is 36.4 Å². The van der Waals surface area contributed by atoms with E-state index in [4.69, 9.17) is 0 Å². The molecule has 0 aliphatic carbocycles. The summed E-state index contributed by atoms with van der Waals surface area (Å²) in [6.45, 7) is 0. The summed E-state index contributed by atoms with van der Waals surface area (Å²) in [4.78, 5) is 0. The Morgan fingerprint density at radius 1 is 0.769 bits per heavy atom. The van der Waals surface area contributed by atoms with Crippen LogP contribution in [0.15, 0.2) is 90.1 Å². The van der Waals surface area contributed by atoms with Gasteiger partial charge in [-0.1, -0.05) is 72.4 Å². The van der Waals surface area contributed by atoms with E-state index in [-0.39, 0.29) is 11.0 Å². The molecule has 5 nitrogen and oxygen atoms in total. The number of aromatic nitrogens is 4. The van der Waals surface area contributed by atoms with Crippen molar-refractivity contribution in [3.8, 4) is 11.4 Å². The molecule has 0 bridgehead atoms. The van der Waals surface area contributed by atoms with Crippen LogP contribution in [0.3, 0.4) is 0 Å². The van der Waals surface area contributed by atoms with Crippen molar-refractivity contribution >= 4 is 11.8 Å². The Morgan fingerprint density at radius 2 is 1.35 bits per heavy atom. The molecule has 0 unspecified atom stereocenters. The van der Waals surface area contributed by atoms with Gasteiger partial charge in [-0.3, -0.25) is 0 Å². The molecule has 1 heterocycles. The van der Waals surface area contributed by atoms with Gasteiger partial charge in [-0.15, -0.1) is 5.10 Å². The van der Waals surface area contributed by atoms with Crippen molar-refractivity contribution in [1.29, 1.82) is 0 Å². The van der Waals surface area contributed by atoms with Crippen LogP contribution in [0.2, 0.25) is 0 Å². The Kier molecular flexibility index (Phi) is 4.66. The molecule has 1 N–H and O–H groups in total. The fraction of sp³-hybridized carbons (Fsp3) is 0.0500. The molecule has 0 saturated carbocycles. The van der Waals surface area contributed by atoms with Crippen LogP contribution in [0.4, 0.5) is 0 Å². The lowest BCUT2D eigenvalue weighted by Gasteiger charge is -2.17. The Morgan fingerprint density at radius 3 is 1.92 bits per heavy atom. The third kappa shape index (κ3) is 3.45. The SMILES string of the molecule is Oc1ccc(-n2nnnc2SC(c2ccccc2)c2ccccc2)cc1. The number of nitrogens with zero attached hydrogens (tertiary/aromatic N) is 4. The van der Waals surface area contributed by atoms with Crippen molar-refractivity contribution < 1.29 is 5.11 Å². The highest BCUT2D eigenvalue weighted by Crippen LogP contribution is 2.39. The molecule has 4 aromatic rings. The van der Waals surface area contributed by atoms with Gasteiger partial charge in [0, 0.05) is 0 Å². The fourth-order valence-electron chi connectivity index (χ4n) is 2.70. The second kappa shape index (κ2) is 7.41. The van der Waals surface area contributed by atoms with Crippen molar-refractivity contribution in [3.05, 3.63) is 96.1 Å². The number of rotatable bonds is 5. The van der Waals surface area contributed by atoms with E-state index < -0.39 is 0 Å².